The number of ether oxygens (including phenoxy) is 2. The van der Waals surface area contributed by atoms with E-state index in [2.05, 4.69) is 15.2 Å². The molecule has 3 heteroatoms. The van der Waals surface area contributed by atoms with Gasteiger partial charge in [-0.2, -0.15) is 0 Å². The Morgan fingerprint density at radius 2 is 2.40 bits per heavy atom. The molecule has 0 amide bonds. The fraction of sp³-hybridized carbons (Fsp3) is 0.143. The van der Waals surface area contributed by atoms with Crippen LogP contribution in [-0.4, -0.2) is 13.1 Å². The zero-order valence-corrected chi connectivity index (χ0v) is 5.46. The second-order valence-electron chi connectivity index (χ2n) is 1.62. The van der Waals surface area contributed by atoms with Crippen LogP contribution in [0.2, 0.25) is 0 Å². The maximum atomic E-state index is 10.6. The van der Waals surface area contributed by atoms with Crippen molar-refractivity contribution in [2.45, 2.75) is 0 Å². The minimum atomic E-state index is -0.395. The molecule has 1 aliphatic rings. The Hall–Kier alpha value is -1.47. The molecule has 0 atom stereocenters. The number of esters is 1. The van der Waals surface area contributed by atoms with E-state index in [1.54, 1.807) is 6.08 Å². The Balaban J connectivity index is 2.19. The van der Waals surface area contributed by atoms with Crippen molar-refractivity contribution >= 4 is 5.97 Å². The largest absolute Gasteiger partial charge is 0.501 e. The van der Waals surface area contributed by atoms with Crippen LogP contribution in [0, 0.1) is 0 Å². The van der Waals surface area contributed by atoms with Crippen LogP contribution in [0.3, 0.4) is 0 Å². The zero-order chi connectivity index (χ0) is 7.40. The minimum absolute atomic E-state index is 0.395. The van der Waals surface area contributed by atoms with E-state index in [0.29, 0.717) is 5.57 Å². The van der Waals surface area contributed by atoms with Crippen molar-refractivity contribution in [3.05, 3.63) is 29.9 Å². The van der Waals surface area contributed by atoms with Crippen molar-refractivity contribution in [2.75, 3.05) is 7.11 Å². The third-order valence-corrected chi connectivity index (χ3v) is 0.875. The lowest BCUT2D eigenvalue weighted by Crippen LogP contribution is -1.96. The Bertz CT molecular complexity index is 231. The van der Waals surface area contributed by atoms with E-state index in [4.69, 9.17) is 0 Å². The number of hydrogen-bond donors (Lipinski definition) is 0. The first-order chi connectivity index (χ1) is 4.84. The molecule has 0 aliphatic heterocycles. The molecule has 3 nitrogen and oxygen atoms in total. The molecule has 0 aromatic heterocycles. The Kier molecular flexibility index (Phi) is 1.92. The summed E-state index contributed by atoms with van der Waals surface area (Å²) in [7, 11) is 1.47. The molecule has 0 spiro atoms. The van der Waals surface area contributed by atoms with Gasteiger partial charge in [0.25, 0.3) is 0 Å². The van der Waals surface area contributed by atoms with Gasteiger partial charge >= 0.3 is 5.97 Å². The number of methoxy groups -OCH3 is 1. The highest BCUT2D eigenvalue weighted by atomic mass is 16.5. The smallest absolute Gasteiger partial charge is 0.351 e. The normalized spacial score (nSPS) is 13.1. The first-order valence-electron chi connectivity index (χ1n) is 2.70. The second-order valence-corrected chi connectivity index (χ2v) is 1.62. The van der Waals surface area contributed by atoms with Crippen LogP contribution in [-0.2, 0) is 14.3 Å². The number of carbonyl (C=O) groups is 1. The summed E-state index contributed by atoms with van der Waals surface area (Å²) in [5, 5.41) is 0. The molecular weight excluding hydrogens is 132 g/mol. The van der Waals surface area contributed by atoms with Crippen LogP contribution in [0.4, 0.5) is 0 Å². The molecule has 0 bridgehead atoms. The van der Waals surface area contributed by atoms with Gasteiger partial charge in [0.15, 0.2) is 0 Å². The first kappa shape index (κ1) is 6.65. The molecular formula is C7H6O3. The zero-order valence-electron chi connectivity index (χ0n) is 5.46. The second kappa shape index (κ2) is 2.90. The molecule has 0 N–H and O–H groups in total. The van der Waals surface area contributed by atoms with Gasteiger partial charge in [-0.05, 0) is 0 Å². The van der Waals surface area contributed by atoms with Crippen molar-refractivity contribution in [1.82, 2.24) is 0 Å². The summed E-state index contributed by atoms with van der Waals surface area (Å²) >= 11 is 0. The van der Waals surface area contributed by atoms with Gasteiger partial charge in [-0.15, -0.1) is 5.73 Å². The number of rotatable bonds is 3. The molecule has 0 saturated heterocycles. The predicted molar refractivity (Wildman–Crippen MR) is 33.8 cm³/mol. The van der Waals surface area contributed by atoms with Crippen LogP contribution >= 0.6 is 0 Å². The van der Waals surface area contributed by atoms with Crippen molar-refractivity contribution in [2.24, 2.45) is 0 Å². The van der Waals surface area contributed by atoms with Gasteiger partial charge in [0.2, 0.25) is 0 Å². The van der Waals surface area contributed by atoms with Gasteiger partial charge in [0.1, 0.15) is 18.1 Å². The summed E-state index contributed by atoms with van der Waals surface area (Å²) in [4.78, 5) is 10.6. The third-order valence-electron chi connectivity index (χ3n) is 0.875. The van der Waals surface area contributed by atoms with Crippen molar-refractivity contribution < 1.29 is 14.3 Å². The monoisotopic (exact) mass is 138 g/mol. The van der Waals surface area contributed by atoms with Crippen LogP contribution in [0.25, 0.3) is 0 Å². The van der Waals surface area contributed by atoms with Crippen molar-refractivity contribution in [1.29, 1.82) is 0 Å². The standard InChI is InChI=1S/C7H6O3/c1-9-4-5-10-7(8)6-2-3-6/h2,4-5H,1H3/b5-4-. The molecule has 0 aromatic carbocycles. The summed E-state index contributed by atoms with van der Waals surface area (Å²) < 4.78 is 9.03. The first-order valence-corrected chi connectivity index (χ1v) is 2.70. The average Bonchev–Trinajstić information content (AvgIpc) is 2.69. The molecule has 1 aliphatic carbocycles. The lowest BCUT2D eigenvalue weighted by atomic mass is 10.5. The molecule has 0 aromatic rings. The van der Waals surface area contributed by atoms with E-state index < -0.39 is 5.97 Å². The van der Waals surface area contributed by atoms with Crippen LogP contribution in [0.5, 0.6) is 0 Å². The SMILES string of the molecule is CO/C=C\OC(=O)C1=C=C1. The van der Waals surface area contributed by atoms with E-state index in [0.717, 1.165) is 0 Å². The van der Waals surface area contributed by atoms with Crippen molar-refractivity contribution in [3.8, 4) is 0 Å². The molecule has 1 rings (SSSR count). The van der Waals surface area contributed by atoms with Gasteiger partial charge < -0.3 is 9.47 Å². The van der Waals surface area contributed by atoms with E-state index >= 15 is 0 Å². The lowest BCUT2D eigenvalue weighted by molar-refractivity contribution is -0.133. The molecule has 52 valence electrons. The Labute approximate surface area is 58.2 Å². The summed E-state index contributed by atoms with van der Waals surface area (Å²) in [6.45, 7) is 0. The summed E-state index contributed by atoms with van der Waals surface area (Å²) in [6, 6.07) is 0. The van der Waals surface area contributed by atoms with E-state index in [9.17, 15) is 4.79 Å². The fourth-order valence-corrected chi connectivity index (χ4v) is 0.363. The van der Waals surface area contributed by atoms with Crippen LogP contribution in [0.1, 0.15) is 0 Å². The molecule has 0 unspecified atom stereocenters. The van der Waals surface area contributed by atoms with Gasteiger partial charge in [0.05, 0.1) is 7.11 Å². The number of hydrogen-bond acceptors (Lipinski definition) is 3. The predicted octanol–water partition coefficient (Wildman–Crippen LogP) is 0.742. The Morgan fingerprint density at radius 3 is 2.90 bits per heavy atom. The number of carbonyl (C=O) groups excluding carboxylic acids is 1. The fourth-order valence-electron chi connectivity index (χ4n) is 0.363. The minimum Gasteiger partial charge on any atom is -0.501 e. The van der Waals surface area contributed by atoms with Gasteiger partial charge in [-0.3, -0.25) is 0 Å². The third kappa shape index (κ3) is 1.80. The average molecular weight is 138 g/mol. The van der Waals surface area contributed by atoms with E-state index in [1.807, 2.05) is 0 Å². The summed E-state index contributed by atoms with van der Waals surface area (Å²) in [6.07, 6.45) is 4.02. The molecule has 0 heterocycles. The molecule has 0 saturated carbocycles. The van der Waals surface area contributed by atoms with Crippen LogP contribution < -0.4 is 0 Å². The maximum absolute atomic E-state index is 10.6. The topological polar surface area (TPSA) is 35.5 Å². The van der Waals surface area contributed by atoms with Crippen molar-refractivity contribution in [3.63, 3.8) is 0 Å². The maximum Gasteiger partial charge on any atom is 0.351 e. The van der Waals surface area contributed by atoms with Crippen LogP contribution in [0.15, 0.2) is 29.9 Å². The summed E-state index contributed by atoms with van der Waals surface area (Å²) in [5.74, 6) is -0.395. The van der Waals surface area contributed by atoms with E-state index in [1.165, 1.54) is 19.6 Å². The molecule has 10 heavy (non-hydrogen) atoms. The highest BCUT2D eigenvalue weighted by molar-refractivity contribution is 5.95. The van der Waals surface area contributed by atoms with E-state index in [-0.39, 0.29) is 0 Å². The summed E-state index contributed by atoms with van der Waals surface area (Å²) in [5.41, 5.74) is 3.09. The highest BCUT2D eigenvalue weighted by Gasteiger charge is 2.11. The highest BCUT2D eigenvalue weighted by Crippen LogP contribution is 2.07. The quantitative estimate of drug-likeness (QED) is 0.328. The van der Waals surface area contributed by atoms with Gasteiger partial charge in [0, 0.05) is 6.08 Å². The lowest BCUT2D eigenvalue weighted by Gasteiger charge is -1.90. The van der Waals surface area contributed by atoms with Gasteiger partial charge in [-0.25, -0.2) is 4.79 Å². The molecule has 0 fully saturated rings. The van der Waals surface area contributed by atoms with Gasteiger partial charge in [-0.1, -0.05) is 0 Å². The Morgan fingerprint density at radius 1 is 1.70 bits per heavy atom. The molecule has 0 radical (unpaired) electrons.